The van der Waals surface area contributed by atoms with Crippen LogP contribution in [0.1, 0.15) is 13.8 Å². The number of rotatable bonds is 3. The average Bonchev–Trinajstić information content (AvgIpc) is 2.41. The van der Waals surface area contributed by atoms with Crippen molar-refractivity contribution in [2.24, 2.45) is 5.92 Å². The van der Waals surface area contributed by atoms with Crippen LogP contribution in [0, 0.1) is 5.92 Å². The van der Waals surface area contributed by atoms with Crippen LogP contribution >= 0.6 is 0 Å². The Morgan fingerprint density at radius 1 is 0.708 bits per heavy atom. The van der Waals surface area contributed by atoms with Crippen molar-refractivity contribution in [2.75, 3.05) is 6.54 Å². The molecule has 0 aromatic carbocycles. The first-order chi connectivity index (χ1) is 10.3. The minimum Gasteiger partial charge on any atom is -0.353 e. The minimum absolute atomic E-state index is 0.717. The third-order valence-corrected chi connectivity index (χ3v) is 3.43. The fourth-order valence-corrected chi connectivity index (χ4v) is 1.93. The monoisotopic (exact) mass is 381 g/mol. The summed E-state index contributed by atoms with van der Waals surface area (Å²) in [6.07, 6.45) is 0. The molecule has 1 N–H and O–H groups in total. The molecule has 0 spiro atoms. The van der Waals surface area contributed by atoms with Gasteiger partial charge in [-0.15, -0.1) is 0 Å². The van der Waals surface area contributed by atoms with E-state index in [0.29, 0.717) is 0 Å². The lowest BCUT2D eigenvalue weighted by Crippen LogP contribution is -2.86. The van der Waals surface area contributed by atoms with E-state index in [1.807, 2.05) is 0 Å². The Morgan fingerprint density at radius 2 is 1.00 bits per heavy atom. The van der Waals surface area contributed by atoms with Crippen LogP contribution in [0.25, 0.3) is 0 Å². The molecular formula is C11H10F11NO. The first kappa shape index (κ1) is 20.7. The molecule has 2 nitrogen and oxygen atoms in total. The highest BCUT2D eigenvalue weighted by Gasteiger charge is 3.02. The maximum Gasteiger partial charge on any atom is 0.384 e. The van der Waals surface area contributed by atoms with Crippen LogP contribution in [-0.4, -0.2) is 47.7 Å². The van der Waals surface area contributed by atoms with Gasteiger partial charge in [-0.25, -0.2) is 4.39 Å². The van der Waals surface area contributed by atoms with Crippen LogP contribution in [0.4, 0.5) is 48.3 Å². The van der Waals surface area contributed by atoms with Gasteiger partial charge >= 0.3 is 35.3 Å². The van der Waals surface area contributed by atoms with E-state index >= 15 is 0 Å². The zero-order chi connectivity index (χ0) is 19.6. The highest BCUT2D eigenvalue weighted by Crippen LogP contribution is 2.69. The van der Waals surface area contributed by atoms with Crippen molar-refractivity contribution in [3.05, 3.63) is 0 Å². The molecule has 0 saturated heterocycles. The zero-order valence-corrected chi connectivity index (χ0v) is 11.9. The first-order valence-electron chi connectivity index (χ1n) is 6.20. The quantitative estimate of drug-likeness (QED) is 0.743. The lowest BCUT2D eigenvalue weighted by atomic mass is 9.71. The Morgan fingerprint density at radius 3 is 1.29 bits per heavy atom. The fourth-order valence-electron chi connectivity index (χ4n) is 1.93. The standard InChI is InChI=1S/C11H10F11NO/c1-4(2)3-23-5(24)6(12)7(13,14)9(17,18)11(21,22)10(19,20)8(6,15)16/h4H,3H2,1-2H3,(H,23,24). The second-order valence-electron chi connectivity index (χ2n) is 5.63. The summed E-state index contributed by atoms with van der Waals surface area (Å²) in [7, 11) is 0. The van der Waals surface area contributed by atoms with Gasteiger partial charge in [-0.05, 0) is 5.92 Å². The van der Waals surface area contributed by atoms with Gasteiger partial charge in [0.1, 0.15) is 0 Å². The number of amides is 1. The summed E-state index contributed by atoms with van der Waals surface area (Å²) in [5.41, 5.74) is -6.61. The molecule has 1 saturated carbocycles. The summed E-state index contributed by atoms with van der Waals surface area (Å²) in [5.74, 6) is -40.1. The summed E-state index contributed by atoms with van der Waals surface area (Å²) in [5, 5.41) is 1.02. The van der Waals surface area contributed by atoms with Crippen molar-refractivity contribution in [1.29, 1.82) is 0 Å². The van der Waals surface area contributed by atoms with Gasteiger partial charge in [-0.1, -0.05) is 13.8 Å². The largest absolute Gasteiger partial charge is 0.384 e. The van der Waals surface area contributed by atoms with Crippen LogP contribution in [0.15, 0.2) is 0 Å². The summed E-state index contributed by atoms with van der Waals surface area (Å²) >= 11 is 0. The van der Waals surface area contributed by atoms with E-state index in [4.69, 9.17) is 0 Å². The molecule has 1 amide bonds. The van der Waals surface area contributed by atoms with Gasteiger partial charge < -0.3 is 5.32 Å². The molecule has 13 heteroatoms. The van der Waals surface area contributed by atoms with E-state index in [1.165, 1.54) is 13.8 Å². The van der Waals surface area contributed by atoms with Crippen molar-refractivity contribution in [3.63, 3.8) is 0 Å². The van der Waals surface area contributed by atoms with E-state index in [0.717, 1.165) is 5.32 Å². The van der Waals surface area contributed by atoms with Gasteiger partial charge in [0.05, 0.1) is 0 Å². The SMILES string of the molecule is CC(C)CNC(=O)C1(F)C(F)(F)C(F)(F)C(F)(F)C(F)(F)C1(F)F. The third-order valence-electron chi connectivity index (χ3n) is 3.43. The van der Waals surface area contributed by atoms with Crippen LogP contribution in [0.3, 0.4) is 0 Å². The van der Waals surface area contributed by atoms with Crippen LogP contribution < -0.4 is 5.32 Å². The van der Waals surface area contributed by atoms with Crippen LogP contribution in [-0.2, 0) is 4.79 Å². The average molecular weight is 381 g/mol. The lowest BCUT2D eigenvalue weighted by Gasteiger charge is -2.51. The predicted molar refractivity (Wildman–Crippen MR) is 56.4 cm³/mol. The second kappa shape index (κ2) is 5.10. The van der Waals surface area contributed by atoms with Gasteiger partial charge in [-0.3, -0.25) is 4.79 Å². The Hall–Kier alpha value is -1.30. The van der Waals surface area contributed by atoms with Crippen molar-refractivity contribution in [3.8, 4) is 0 Å². The van der Waals surface area contributed by atoms with Crippen molar-refractivity contribution >= 4 is 5.91 Å². The maximum atomic E-state index is 14.1. The molecule has 0 aromatic rings. The molecular weight excluding hydrogens is 371 g/mol. The molecule has 0 radical (unpaired) electrons. The zero-order valence-electron chi connectivity index (χ0n) is 11.9. The predicted octanol–water partition coefficient (Wildman–Crippen LogP) is 3.66. The molecule has 0 heterocycles. The number of halogens is 11. The fraction of sp³-hybridized carbons (Fsp3) is 0.909. The lowest BCUT2D eigenvalue weighted by molar-refractivity contribution is -0.476. The molecule has 0 unspecified atom stereocenters. The van der Waals surface area contributed by atoms with Crippen LogP contribution in [0.5, 0.6) is 0 Å². The van der Waals surface area contributed by atoms with Crippen molar-refractivity contribution in [2.45, 2.75) is 49.1 Å². The summed E-state index contributed by atoms with van der Waals surface area (Å²) < 4.78 is 146. The van der Waals surface area contributed by atoms with Crippen LogP contribution in [0.2, 0.25) is 0 Å². The summed E-state index contributed by atoms with van der Waals surface area (Å²) in [6.45, 7) is 1.63. The number of alkyl halides is 11. The normalized spacial score (nSPS) is 28.4. The first-order valence-corrected chi connectivity index (χ1v) is 6.20. The molecule has 142 valence electrons. The van der Waals surface area contributed by atoms with E-state index in [-0.39, 0.29) is 0 Å². The maximum absolute atomic E-state index is 14.1. The molecule has 1 fully saturated rings. The molecule has 0 atom stereocenters. The van der Waals surface area contributed by atoms with Gasteiger partial charge in [0, 0.05) is 6.54 Å². The van der Waals surface area contributed by atoms with Gasteiger partial charge in [0.2, 0.25) is 0 Å². The van der Waals surface area contributed by atoms with E-state index in [9.17, 15) is 53.1 Å². The summed E-state index contributed by atoms with van der Waals surface area (Å²) in [6, 6.07) is 0. The summed E-state index contributed by atoms with van der Waals surface area (Å²) in [4.78, 5) is 11.3. The molecule has 0 aliphatic heterocycles. The van der Waals surface area contributed by atoms with Gasteiger partial charge in [0.25, 0.3) is 5.91 Å². The number of carbonyl (C=O) groups excluding carboxylic acids is 1. The highest BCUT2D eigenvalue weighted by atomic mass is 19.4. The van der Waals surface area contributed by atoms with Crippen molar-refractivity contribution < 1.29 is 53.1 Å². The van der Waals surface area contributed by atoms with Gasteiger partial charge in [0.15, 0.2) is 0 Å². The number of nitrogens with one attached hydrogen (secondary N) is 1. The smallest absolute Gasteiger partial charge is 0.353 e. The van der Waals surface area contributed by atoms with E-state index in [2.05, 4.69) is 0 Å². The molecule has 0 bridgehead atoms. The second-order valence-corrected chi connectivity index (χ2v) is 5.63. The Balaban J connectivity index is 3.66. The van der Waals surface area contributed by atoms with E-state index in [1.54, 1.807) is 0 Å². The Labute approximate surface area is 127 Å². The van der Waals surface area contributed by atoms with E-state index < -0.39 is 53.7 Å². The molecule has 1 aliphatic carbocycles. The molecule has 1 aliphatic rings. The number of carbonyl (C=O) groups is 1. The topological polar surface area (TPSA) is 29.1 Å². The number of hydrogen-bond donors (Lipinski definition) is 1. The molecule has 24 heavy (non-hydrogen) atoms. The minimum atomic E-state index is -7.32. The highest BCUT2D eigenvalue weighted by molar-refractivity contribution is 5.88. The molecule has 0 aromatic heterocycles. The Bertz CT molecular complexity index is 498. The Kier molecular flexibility index (Phi) is 4.41. The third kappa shape index (κ3) is 1.98. The number of hydrogen-bond acceptors (Lipinski definition) is 1. The van der Waals surface area contributed by atoms with Gasteiger partial charge in [-0.2, -0.15) is 43.9 Å². The molecule has 1 rings (SSSR count). The van der Waals surface area contributed by atoms with Crippen molar-refractivity contribution in [1.82, 2.24) is 5.32 Å².